The molecule has 0 spiro atoms. The lowest BCUT2D eigenvalue weighted by atomic mass is 10.3. The van der Waals surface area contributed by atoms with Gasteiger partial charge in [0.15, 0.2) is 5.65 Å². The number of rotatable bonds is 3. The number of imidazole rings is 1. The lowest BCUT2D eigenvalue weighted by Gasteiger charge is -2.00. The summed E-state index contributed by atoms with van der Waals surface area (Å²) >= 11 is 3.36. The molecular formula is C12H13BrN4O. The number of fused-ring (bicyclic) bond motifs is 1. The van der Waals surface area contributed by atoms with Gasteiger partial charge in [0.05, 0.1) is 12.1 Å². The fraction of sp³-hybridized carbons (Fsp3) is 0.417. The van der Waals surface area contributed by atoms with Crippen molar-refractivity contribution in [3.63, 3.8) is 0 Å². The fourth-order valence-corrected chi connectivity index (χ4v) is 2.33. The van der Waals surface area contributed by atoms with E-state index in [9.17, 15) is 4.79 Å². The summed E-state index contributed by atoms with van der Waals surface area (Å²) in [5.41, 5.74) is 1.54. The first kappa shape index (κ1) is 11.6. The molecule has 0 bridgehead atoms. The summed E-state index contributed by atoms with van der Waals surface area (Å²) in [5.74, 6) is 1.58. The normalized spacial score (nSPS) is 22.1. The van der Waals surface area contributed by atoms with E-state index in [-0.39, 0.29) is 11.8 Å². The molecular weight excluding hydrogens is 296 g/mol. The first-order chi connectivity index (χ1) is 8.63. The van der Waals surface area contributed by atoms with Gasteiger partial charge in [-0.25, -0.2) is 9.97 Å². The summed E-state index contributed by atoms with van der Waals surface area (Å²) in [6, 6.07) is 1.92. The highest BCUT2D eigenvalue weighted by molar-refractivity contribution is 9.10. The number of hydrogen-bond acceptors (Lipinski definition) is 3. The molecule has 18 heavy (non-hydrogen) atoms. The predicted octanol–water partition coefficient (Wildman–Crippen LogP) is 1.99. The lowest BCUT2D eigenvalue weighted by Crippen LogP contribution is -2.25. The Labute approximate surface area is 113 Å². The molecule has 1 saturated carbocycles. The van der Waals surface area contributed by atoms with Crippen LogP contribution < -0.4 is 5.32 Å². The number of amides is 1. The molecule has 1 amide bonds. The Kier molecular flexibility index (Phi) is 2.81. The first-order valence-electron chi connectivity index (χ1n) is 5.91. The van der Waals surface area contributed by atoms with E-state index in [2.05, 4.69) is 43.1 Å². The van der Waals surface area contributed by atoms with Gasteiger partial charge in [0.1, 0.15) is 5.82 Å². The van der Waals surface area contributed by atoms with Gasteiger partial charge < -0.3 is 10.3 Å². The van der Waals surface area contributed by atoms with Crippen molar-refractivity contribution in [2.45, 2.75) is 19.9 Å². The second kappa shape index (κ2) is 4.35. The Hall–Kier alpha value is -1.43. The van der Waals surface area contributed by atoms with Crippen LogP contribution in [-0.4, -0.2) is 20.9 Å². The Morgan fingerprint density at radius 3 is 3.17 bits per heavy atom. The Balaban J connectivity index is 1.69. The number of carbonyl (C=O) groups excluding carboxylic acids is 1. The van der Waals surface area contributed by atoms with Gasteiger partial charge in [-0.3, -0.25) is 4.79 Å². The molecule has 2 heterocycles. The first-order valence-corrected chi connectivity index (χ1v) is 6.70. The third kappa shape index (κ3) is 2.25. The van der Waals surface area contributed by atoms with E-state index in [0.717, 1.165) is 22.2 Å². The Morgan fingerprint density at radius 1 is 1.67 bits per heavy atom. The molecule has 0 radical (unpaired) electrons. The molecule has 3 rings (SSSR count). The molecule has 2 aromatic heterocycles. The van der Waals surface area contributed by atoms with E-state index >= 15 is 0 Å². The maximum Gasteiger partial charge on any atom is 0.223 e. The summed E-state index contributed by atoms with van der Waals surface area (Å²) in [7, 11) is 0. The quantitative estimate of drug-likeness (QED) is 0.911. The number of nitrogens with one attached hydrogen (secondary N) is 2. The molecule has 94 valence electrons. The van der Waals surface area contributed by atoms with Gasteiger partial charge in [-0.1, -0.05) is 6.92 Å². The summed E-state index contributed by atoms with van der Waals surface area (Å²) in [4.78, 5) is 23.3. The van der Waals surface area contributed by atoms with Crippen molar-refractivity contribution in [1.82, 2.24) is 20.3 Å². The van der Waals surface area contributed by atoms with Crippen LogP contribution in [0.4, 0.5) is 0 Å². The maximum atomic E-state index is 11.7. The van der Waals surface area contributed by atoms with Crippen molar-refractivity contribution < 1.29 is 4.79 Å². The average molecular weight is 309 g/mol. The Morgan fingerprint density at radius 2 is 2.44 bits per heavy atom. The highest BCUT2D eigenvalue weighted by Crippen LogP contribution is 2.37. The van der Waals surface area contributed by atoms with Crippen LogP contribution in [0.3, 0.4) is 0 Å². The van der Waals surface area contributed by atoms with E-state index in [1.165, 1.54) is 0 Å². The van der Waals surface area contributed by atoms with Crippen molar-refractivity contribution in [2.75, 3.05) is 0 Å². The zero-order valence-corrected chi connectivity index (χ0v) is 11.5. The van der Waals surface area contributed by atoms with E-state index in [4.69, 9.17) is 0 Å². The number of carbonyl (C=O) groups is 1. The summed E-state index contributed by atoms with van der Waals surface area (Å²) < 4.78 is 0.904. The molecule has 0 aliphatic heterocycles. The van der Waals surface area contributed by atoms with E-state index < -0.39 is 0 Å². The van der Waals surface area contributed by atoms with Crippen LogP contribution in [0.15, 0.2) is 16.7 Å². The SMILES string of the molecule is CC1CC1C(=O)NCc1nc2ncc(Br)cc2[nH]1. The molecule has 0 aromatic carbocycles. The highest BCUT2D eigenvalue weighted by Gasteiger charge is 2.38. The van der Waals surface area contributed by atoms with Gasteiger partial charge in [-0.15, -0.1) is 0 Å². The van der Waals surface area contributed by atoms with Gasteiger partial charge in [-0.05, 0) is 34.3 Å². The number of H-pyrrole nitrogens is 1. The molecule has 2 N–H and O–H groups in total. The molecule has 1 aliphatic carbocycles. The van der Waals surface area contributed by atoms with Crippen LogP contribution in [0.1, 0.15) is 19.2 Å². The highest BCUT2D eigenvalue weighted by atomic mass is 79.9. The van der Waals surface area contributed by atoms with Crippen molar-refractivity contribution in [1.29, 1.82) is 0 Å². The smallest absolute Gasteiger partial charge is 0.223 e. The second-order valence-corrected chi connectivity index (χ2v) is 5.66. The molecule has 6 heteroatoms. The van der Waals surface area contributed by atoms with Crippen molar-refractivity contribution in [3.8, 4) is 0 Å². The van der Waals surface area contributed by atoms with Crippen LogP contribution in [0.25, 0.3) is 11.2 Å². The molecule has 0 saturated heterocycles. The molecule has 1 fully saturated rings. The minimum absolute atomic E-state index is 0.122. The lowest BCUT2D eigenvalue weighted by molar-refractivity contribution is -0.122. The van der Waals surface area contributed by atoms with Crippen LogP contribution in [0.5, 0.6) is 0 Å². The average Bonchev–Trinajstić information content (AvgIpc) is 2.92. The summed E-state index contributed by atoms with van der Waals surface area (Å²) in [6.45, 7) is 2.52. The molecule has 2 unspecified atom stereocenters. The minimum Gasteiger partial charge on any atom is -0.349 e. The van der Waals surface area contributed by atoms with Gasteiger partial charge in [0, 0.05) is 16.6 Å². The van der Waals surface area contributed by atoms with Gasteiger partial charge in [0.2, 0.25) is 5.91 Å². The molecule has 1 aliphatic rings. The van der Waals surface area contributed by atoms with Gasteiger partial charge in [-0.2, -0.15) is 0 Å². The Bertz CT molecular complexity index is 609. The fourth-order valence-electron chi connectivity index (χ4n) is 2.00. The number of hydrogen-bond donors (Lipinski definition) is 2. The maximum absolute atomic E-state index is 11.7. The number of aromatic nitrogens is 3. The van der Waals surface area contributed by atoms with Crippen LogP contribution in [0.2, 0.25) is 0 Å². The standard InChI is InChI=1S/C12H13BrN4O/c1-6-2-8(6)12(18)15-5-10-16-9-3-7(13)4-14-11(9)17-10/h3-4,6,8H,2,5H2,1H3,(H,15,18)(H,14,16,17). The van der Waals surface area contributed by atoms with Crippen molar-refractivity contribution in [3.05, 3.63) is 22.6 Å². The zero-order chi connectivity index (χ0) is 12.7. The number of halogens is 1. The van der Waals surface area contributed by atoms with Crippen molar-refractivity contribution >= 4 is 33.0 Å². The summed E-state index contributed by atoms with van der Waals surface area (Å²) in [5, 5.41) is 2.89. The molecule has 5 nitrogen and oxygen atoms in total. The van der Waals surface area contributed by atoms with E-state index in [0.29, 0.717) is 18.1 Å². The second-order valence-electron chi connectivity index (χ2n) is 4.75. The number of aromatic amines is 1. The number of nitrogens with zero attached hydrogens (tertiary/aromatic N) is 2. The van der Waals surface area contributed by atoms with Crippen molar-refractivity contribution in [2.24, 2.45) is 11.8 Å². The third-order valence-corrected chi connectivity index (χ3v) is 3.66. The number of pyridine rings is 1. The largest absolute Gasteiger partial charge is 0.349 e. The summed E-state index contributed by atoms with van der Waals surface area (Å²) in [6.07, 6.45) is 2.71. The van der Waals surface area contributed by atoms with Crippen LogP contribution in [-0.2, 0) is 11.3 Å². The monoisotopic (exact) mass is 308 g/mol. The molecule has 2 aromatic rings. The van der Waals surface area contributed by atoms with Gasteiger partial charge >= 0.3 is 0 Å². The van der Waals surface area contributed by atoms with E-state index in [1.807, 2.05) is 6.07 Å². The topological polar surface area (TPSA) is 70.7 Å². The van der Waals surface area contributed by atoms with Crippen LogP contribution in [0, 0.1) is 11.8 Å². The van der Waals surface area contributed by atoms with Crippen LogP contribution >= 0.6 is 15.9 Å². The third-order valence-electron chi connectivity index (χ3n) is 3.23. The van der Waals surface area contributed by atoms with E-state index in [1.54, 1.807) is 6.20 Å². The van der Waals surface area contributed by atoms with Gasteiger partial charge in [0.25, 0.3) is 0 Å². The minimum atomic E-state index is 0.122. The predicted molar refractivity (Wildman–Crippen MR) is 70.7 cm³/mol. The molecule has 2 atom stereocenters. The zero-order valence-electron chi connectivity index (χ0n) is 9.90.